The third-order valence-electron chi connectivity index (χ3n) is 6.22. The smallest absolute Gasteiger partial charge is 0.263 e. The van der Waals surface area contributed by atoms with Gasteiger partial charge >= 0.3 is 0 Å². The van der Waals surface area contributed by atoms with Crippen molar-refractivity contribution in [3.63, 3.8) is 0 Å². The van der Waals surface area contributed by atoms with E-state index in [-0.39, 0.29) is 5.41 Å². The maximum absolute atomic E-state index is 13.0. The van der Waals surface area contributed by atoms with E-state index in [0.29, 0.717) is 23.3 Å². The highest BCUT2D eigenvalue weighted by molar-refractivity contribution is 7.89. The zero-order valence-corrected chi connectivity index (χ0v) is 16.5. The number of hydrogen-bond donors (Lipinski definition) is 0. The summed E-state index contributed by atoms with van der Waals surface area (Å²) in [7, 11) is -3.49. The van der Waals surface area contributed by atoms with Crippen LogP contribution in [0.1, 0.15) is 35.1 Å². The summed E-state index contributed by atoms with van der Waals surface area (Å²) in [5, 5.41) is 0. The van der Waals surface area contributed by atoms with E-state index in [4.69, 9.17) is 0 Å². The van der Waals surface area contributed by atoms with Crippen LogP contribution in [0.2, 0.25) is 0 Å². The fourth-order valence-electron chi connectivity index (χ4n) is 4.51. The molecule has 136 valence electrons. The van der Waals surface area contributed by atoms with Gasteiger partial charge in [0.2, 0.25) is 0 Å². The molecular formula is C22H25NO2S. The van der Waals surface area contributed by atoms with Crippen LogP contribution in [0.3, 0.4) is 0 Å². The van der Waals surface area contributed by atoms with Gasteiger partial charge in [0, 0.05) is 12.7 Å². The van der Waals surface area contributed by atoms with Gasteiger partial charge in [-0.3, -0.25) is 4.31 Å². The van der Waals surface area contributed by atoms with Crippen molar-refractivity contribution in [3.8, 4) is 0 Å². The maximum Gasteiger partial charge on any atom is 0.263 e. The molecule has 2 aromatic rings. The Morgan fingerprint density at radius 2 is 1.62 bits per heavy atom. The van der Waals surface area contributed by atoms with Gasteiger partial charge in [0.15, 0.2) is 0 Å². The first-order valence-corrected chi connectivity index (χ1v) is 10.5. The van der Waals surface area contributed by atoms with Crippen LogP contribution >= 0.6 is 0 Å². The molecule has 0 saturated heterocycles. The van der Waals surface area contributed by atoms with Crippen LogP contribution < -0.4 is 0 Å². The molecule has 1 heterocycles. The second-order valence-corrected chi connectivity index (χ2v) is 9.85. The van der Waals surface area contributed by atoms with Crippen LogP contribution in [0.15, 0.2) is 59.6 Å². The van der Waals surface area contributed by atoms with Crippen molar-refractivity contribution >= 4 is 10.0 Å². The van der Waals surface area contributed by atoms with Crippen LogP contribution in [-0.4, -0.2) is 19.3 Å². The van der Waals surface area contributed by atoms with Crippen molar-refractivity contribution in [1.29, 1.82) is 0 Å². The van der Waals surface area contributed by atoms with E-state index in [2.05, 4.69) is 45.0 Å². The van der Waals surface area contributed by atoms with E-state index < -0.39 is 10.0 Å². The zero-order valence-electron chi connectivity index (χ0n) is 15.7. The molecule has 0 aromatic heterocycles. The topological polar surface area (TPSA) is 37.4 Å². The number of hydrogen-bond acceptors (Lipinski definition) is 2. The Hall–Kier alpha value is -2.07. The van der Waals surface area contributed by atoms with Gasteiger partial charge in [0.1, 0.15) is 0 Å². The number of sulfonamides is 1. The molecule has 0 spiro atoms. The summed E-state index contributed by atoms with van der Waals surface area (Å²) in [6, 6.07) is 13.5. The molecule has 3 nitrogen and oxygen atoms in total. The monoisotopic (exact) mass is 367 g/mol. The molecule has 1 aliphatic carbocycles. The van der Waals surface area contributed by atoms with Gasteiger partial charge in [-0.05, 0) is 66.8 Å². The number of aryl methyl sites for hydroxylation is 3. The highest BCUT2D eigenvalue weighted by Gasteiger charge is 2.63. The Bertz CT molecular complexity index is 971. The van der Waals surface area contributed by atoms with E-state index in [9.17, 15) is 8.42 Å². The Morgan fingerprint density at radius 1 is 1.00 bits per heavy atom. The van der Waals surface area contributed by atoms with Crippen LogP contribution in [0.5, 0.6) is 0 Å². The summed E-state index contributed by atoms with van der Waals surface area (Å²) in [5.41, 5.74) is 5.09. The number of benzene rings is 2. The maximum atomic E-state index is 13.0. The largest absolute Gasteiger partial charge is 0.273 e. The van der Waals surface area contributed by atoms with Crippen LogP contribution in [0.4, 0.5) is 0 Å². The average molecular weight is 368 g/mol. The van der Waals surface area contributed by atoms with Gasteiger partial charge in [0.05, 0.1) is 4.90 Å². The molecule has 3 unspecified atom stereocenters. The lowest BCUT2D eigenvalue weighted by Gasteiger charge is -2.25. The summed E-state index contributed by atoms with van der Waals surface area (Å²) in [5.74, 6) is 0.714. The second kappa shape index (κ2) is 5.71. The van der Waals surface area contributed by atoms with Crippen molar-refractivity contribution in [2.24, 2.45) is 11.3 Å². The lowest BCUT2D eigenvalue weighted by molar-refractivity contribution is 0.432. The molecule has 1 saturated carbocycles. The van der Waals surface area contributed by atoms with Gasteiger partial charge in [-0.1, -0.05) is 48.9 Å². The van der Waals surface area contributed by atoms with Gasteiger partial charge in [-0.2, -0.15) is 0 Å². The van der Waals surface area contributed by atoms with Crippen molar-refractivity contribution in [2.45, 2.75) is 38.5 Å². The van der Waals surface area contributed by atoms with Crippen LogP contribution in [0, 0.1) is 32.1 Å². The van der Waals surface area contributed by atoms with Crippen molar-refractivity contribution in [3.05, 3.63) is 77.0 Å². The summed E-state index contributed by atoms with van der Waals surface area (Å²) < 4.78 is 27.6. The number of fused-ring (bicyclic) bond motifs is 1. The molecule has 1 fully saturated rings. The van der Waals surface area contributed by atoms with Gasteiger partial charge in [-0.15, -0.1) is 0 Å². The third-order valence-corrected chi connectivity index (χ3v) is 7.98. The second-order valence-electron chi connectivity index (χ2n) is 7.96. The Kier molecular flexibility index (Phi) is 3.81. The zero-order chi connectivity index (χ0) is 18.7. The van der Waals surface area contributed by atoms with E-state index in [0.717, 1.165) is 5.56 Å². The minimum Gasteiger partial charge on any atom is -0.273 e. The first-order valence-electron chi connectivity index (χ1n) is 9.09. The van der Waals surface area contributed by atoms with Gasteiger partial charge in [0.25, 0.3) is 10.0 Å². The molecule has 2 aromatic carbocycles. The van der Waals surface area contributed by atoms with Crippen molar-refractivity contribution in [1.82, 2.24) is 4.31 Å². The highest BCUT2D eigenvalue weighted by Crippen LogP contribution is 2.68. The summed E-state index contributed by atoms with van der Waals surface area (Å²) in [4.78, 5) is 0.362. The normalized spacial score (nSPS) is 27.3. The Labute approximate surface area is 156 Å². The molecule has 1 aliphatic heterocycles. The van der Waals surface area contributed by atoms with E-state index in [1.165, 1.54) is 21.0 Å². The minimum absolute atomic E-state index is 0.0518. The quantitative estimate of drug-likeness (QED) is 0.798. The Balaban J connectivity index is 1.65. The van der Waals surface area contributed by atoms with E-state index in [1.54, 1.807) is 18.3 Å². The van der Waals surface area contributed by atoms with Crippen molar-refractivity contribution < 1.29 is 8.42 Å². The van der Waals surface area contributed by atoms with Crippen molar-refractivity contribution in [2.75, 3.05) is 6.54 Å². The molecular weight excluding hydrogens is 342 g/mol. The fourth-order valence-corrected chi connectivity index (χ4v) is 5.83. The minimum atomic E-state index is -3.49. The van der Waals surface area contributed by atoms with Gasteiger partial charge < -0.3 is 0 Å². The predicted molar refractivity (Wildman–Crippen MR) is 104 cm³/mol. The molecule has 0 radical (unpaired) electrons. The molecule has 4 heteroatoms. The molecule has 26 heavy (non-hydrogen) atoms. The molecule has 0 amide bonds. The molecule has 2 aliphatic rings. The van der Waals surface area contributed by atoms with Gasteiger partial charge in [-0.25, -0.2) is 8.42 Å². The number of rotatable bonds is 3. The Morgan fingerprint density at radius 3 is 2.23 bits per heavy atom. The number of nitrogens with zero attached hydrogens (tertiary/aromatic N) is 1. The summed E-state index contributed by atoms with van der Waals surface area (Å²) >= 11 is 0. The summed E-state index contributed by atoms with van der Waals surface area (Å²) in [6.07, 6.45) is 3.88. The van der Waals surface area contributed by atoms with E-state index >= 15 is 0 Å². The predicted octanol–water partition coefficient (Wildman–Crippen LogP) is 4.55. The highest BCUT2D eigenvalue weighted by atomic mass is 32.2. The fraction of sp³-hybridized carbons (Fsp3) is 0.364. The van der Waals surface area contributed by atoms with Crippen LogP contribution in [0.25, 0.3) is 0 Å². The first kappa shape index (κ1) is 17.3. The summed E-state index contributed by atoms with van der Waals surface area (Å²) in [6.45, 7) is 9.06. The molecule has 4 rings (SSSR count). The molecule has 0 N–H and O–H groups in total. The third kappa shape index (κ3) is 2.50. The lowest BCUT2D eigenvalue weighted by atomic mass is 9.94. The number of allylic oxidation sites excluding steroid dienone is 1. The lowest BCUT2D eigenvalue weighted by Crippen LogP contribution is -2.31. The molecule has 3 atom stereocenters. The standard InChI is InChI=1S/C22H25NO2S/c1-15-8-10-18(11-9-15)26(24,25)23-13-12-22(4)19(14-23)21(22)20-16(2)6-5-7-17(20)3/h5-13,19,21H,14H2,1-4H3. The van der Waals surface area contributed by atoms with E-state index in [1.807, 2.05) is 19.1 Å². The van der Waals surface area contributed by atoms with Crippen LogP contribution in [-0.2, 0) is 10.0 Å². The molecule has 0 bridgehead atoms. The SMILES string of the molecule is Cc1ccc(S(=O)(=O)N2C=CC3(C)C(C2)C3c2c(C)cccc2C)cc1. The average Bonchev–Trinajstić information content (AvgIpc) is 3.19. The first-order chi connectivity index (χ1) is 12.2.